The highest BCUT2D eigenvalue weighted by atomic mass is 79.9. The number of aromatic nitrogens is 2. The van der Waals surface area contributed by atoms with E-state index in [4.69, 9.17) is 16.0 Å². The van der Waals surface area contributed by atoms with Crippen LogP contribution < -0.4 is 5.32 Å². The topological polar surface area (TPSA) is 68.0 Å². The van der Waals surface area contributed by atoms with Gasteiger partial charge in [-0.05, 0) is 46.3 Å². The second kappa shape index (κ2) is 6.49. The predicted molar refractivity (Wildman–Crippen MR) is 92.4 cm³/mol. The maximum absolute atomic E-state index is 12.2. The third-order valence-electron chi connectivity index (χ3n) is 2.60. The van der Waals surface area contributed by atoms with Crippen LogP contribution in [0.5, 0.6) is 0 Å². The first-order chi connectivity index (χ1) is 10.5. The summed E-state index contributed by atoms with van der Waals surface area (Å²) in [4.78, 5) is 13.0. The van der Waals surface area contributed by atoms with Crippen LogP contribution in [-0.2, 0) is 0 Å². The van der Waals surface area contributed by atoms with Gasteiger partial charge in [0.15, 0.2) is 0 Å². The lowest BCUT2D eigenvalue weighted by Crippen LogP contribution is -2.12. The van der Waals surface area contributed by atoms with Crippen molar-refractivity contribution in [1.29, 1.82) is 0 Å². The number of carbonyl (C=O) groups is 1. The Balaban J connectivity index is 1.80. The van der Waals surface area contributed by atoms with Crippen LogP contribution in [0.3, 0.4) is 0 Å². The van der Waals surface area contributed by atoms with Crippen LogP contribution in [0.1, 0.15) is 10.4 Å². The van der Waals surface area contributed by atoms with E-state index in [1.54, 1.807) is 18.2 Å². The van der Waals surface area contributed by atoms with Gasteiger partial charge >= 0.3 is 6.01 Å². The van der Waals surface area contributed by atoms with Crippen LogP contribution >= 0.6 is 54.8 Å². The lowest BCUT2D eigenvalue weighted by molar-refractivity contribution is 0.102. The van der Waals surface area contributed by atoms with E-state index in [1.807, 2.05) is 12.1 Å². The number of amides is 1. The summed E-state index contributed by atoms with van der Waals surface area (Å²) in [5.41, 5.74) is 0.314. The summed E-state index contributed by atoms with van der Waals surface area (Å²) in [6, 6.07) is 8.73. The molecule has 0 atom stereocenters. The Morgan fingerprint density at radius 3 is 2.77 bits per heavy atom. The van der Waals surface area contributed by atoms with Gasteiger partial charge in [-0.25, -0.2) is 0 Å². The number of nitrogens with zero attached hydrogens (tertiary/aromatic N) is 2. The molecule has 0 aliphatic carbocycles. The molecule has 112 valence electrons. The quantitative estimate of drug-likeness (QED) is 0.578. The highest BCUT2D eigenvalue weighted by Gasteiger charge is 2.16. The molecule has 0 aliphatic rings. The summed E-state index contributed by atoms with van der Waals surface area (Å²) in [6.45, 7) is 0. The number of hydrogen-bond donors (Lipinski definition) is 1. The molecule has 3 aromatic rings. The minimum atomic E-state index is -0.422. The van der Waals surface area contributed by atoms with E-state index in [0.717, 1.165) is 13.1 Å². The number of hydrogen-bond acceptors (Lipinski definition) is 5. The molecule has 0 spiro atoms. The van der Waals surface area contributed by atoms with Crippen LogP contribution in [0.15, 0.2) is 43.0 Å². The molecule has 1 amide bonds. The van der Waals surface area contributed by atoms with Crippen molar-refractivity contribution in [3.63, 3.8) is 0 Å². The Kier molecular flexibility index (Phi) is 4.62. The van der Waals surface area contributed by atoms with E-state index < -0.39 is 5.91 Å². The molecular formula is C13H6Br2ClN3O2S. The van der Waals surface area contributed by atoms with Gasteiger partial charge in [-0.3, -0.25) is 10.1 Å². The molecule has 22 heavy (non-hydrogen) atoms. The number of anilines is 1. The number of halogens is 3. The fraction of sp³-hybridized carbons (Fsp3) is 0. The van der Waals surface area contributed by atoms with Gasteiger partial charge in [0.2, 0.25) is 0 Å². The highest BCUT2D eigenvalue weighted by molar-refractivity contribution is 9.11. The number of benzene rings is 1. The van der Waals surface area contributed by atoms with Gasteiger partial charge < -0.3 is 4.42 Å². The lowest BCUT2D eigenvalue weighted by Gasteiger charge is -2.03. The monoisotopic (exact) mass is 461 g/mol. The molecule has 3 rings (SSSR count). The Bertz CT molecular complexity index is 849. The molecule has 1 aromatic carbocycles. The van der Waals surface area contributed by atoms with E-state index in [9.17, 15) is 4.79 Å². The van der Waals surface area contributed by atoms with Crippen molar-refractivity contribution >= 4 is 66.7 Å². The lowest BCUT2D eigenvalue weighted by atomic mass is 10.2. The standard InChI is InChI=1S/C13H6Br2ClN3O2S/c14-6-1-2-8(16)7(5-6)11(20)17-13-19-18-12(21-13)9-3-4-10(15)22-9/h1-5H,(H,17,19,20). The summed E-state index contributed by atoms with van der Waals surface area (Å²) in [7, 11) is 0. The second-order valence-corrected chi connectivity index (χ2v) is 7.88. The van der Waals surface area contributed by atoms with Crippen LogP contribution in [0.25, 0.3) is 10.8 Å². The van der Waals surface area contributed by atoms with Crippen molar-refractivity contribution in [1.82, 2.24) is 10.2 Å². The molecule has 0 radical (unpaired) electrons. The van der Waals surface area contributed by atoms with Crippen LogP contribution in [0.2, 0.25) is 5.02 Å². The van der Waals surface area contributed by atoms with Gasteiger partial charge in [0.05, 0.1) is 19.2 Å². The number of rotatable bonds is 3. The summed E-state index contributed by atoms with van der Waals surface area (Å²) in [6.07, 6.45) is 0. The third-order valence-corrected chi connectivity index (χ3v) is 5.04. The zero-order valence-electron chi connectivity index (χ0n) is 10.6. The van der Waals surface area contributed by atoms with Gasteiger partial charge in [-0.15, -0.1) is 16.4 Å². The van der Waals surface area contributed by atoms with Crippen molar-refractivity contribution in [2.75, 3.05) is 5.32 Å². The van der Waals surface area contributed by atoms with Crippen molar-refractivity contribution < 1.29 is 9.21 Å². The fourth-order valence-electron chi connectivity index (χ4n) is 1.64. The number of thiophene rings is 1. The average Bonchev–Trinajstić information content (AvgIpc) is 3.10. The first kappa shape index (κ1) is 15.7. The van der Waals surface area contributed by atoms with Crippen molar-refractivity contribution in [3.05, 3.63) is 49.2 Å². The zero-order chi connectivity index (χ0) is 15.7. The molecule has 0 fully saturated rings. The van der Waals surface area contributed by atoms with Crippen LogP contribution in [0, 0.1) is 0 Å². The minimum absolute atomic E-state index is 0.0144. The van der Waals surface area contributed by atoms with Gasteiger partial charge in [-0.1, -0.05) is 32.6 Å². The van der Waals surface area contributed by atoms with E-state index in [0.29, 0.717) is 16.5 Å². The normalized spacial score (nSPS) is 10.7. The summed E-state index contributed by atoms with van der Waals surface area (Å²) < 4.78 is 7.12. The maximum Gasteiger partial charge on any atom is 0.322 e. The van der Waals surface area contributed by atoms with Gasteiger partial charge in [0, 0.05) is 4.47 Å². The summed E-state index contributed by atoms with van der Waals surface area (Å²) in [5, 5.41) is 10.6. The zero-order valence-corrected chi connectivity index (χ0v) is 15.4. The first-order valence-electron chi connectivity index (χ1n) is 5.88. The van der Waals surface area contributed by atoms with Crippen LogP contribution in [-0.4, -0.2) is 16.1 Å². The van der Waals surface area contributed by atoms with E-state index in [2.05, 4.69) is 47.4 Å². The Labute approximate surface area is 151 Å². The molecule has 5 nitrogen and oxygen atoms in total. The third kappa shape index (κ3) is 3.40. The molecule has 0 bridgehead atoms. The molecule has 2 aromatic heterocycles. The second-order valence-electron chi connectivity index (χ2n) is 4.09. The van der Waals surface area contributed by atoms with Gasteiger partial charge in [-0.2, -0.15) is 0 Å². The van der Waals surface area contributed by atoms with Gasteiger partial charge in [0.25, 0.3) is 11.8 Å². The molecule has 0 aliphatic heterocycles. The number of carbonyl (C=O) groups excluding carboxylic acids is 1. The molecule has 2 heterocycles. The number of nitrogens with one attached hydrogen (secondary N) is 1. The Hall–Kier alpha value is -1.22. The van der Waals surface area contributed by atoms with Gasteiger partial charge in [0.1, 0.15) is 0 Å². The summed E-state index contributed by atoms with van der Waals surface area (Å²) in [5.74, 6) is -0.0831. The van der Waals surface area contributed by atoms with E-state index >= 15 is 0 Å². The molecule has 1 N–H and O–H groups in total. The largest absolute Gasteiger partial charge is 0.402 e. The summed E-state index contributed by atoms with van der Waals surface area (Å²) >= 11 is 14.1. The van der Waals surface area contributed by atoms with Crippen molar-refractivity contribution in [3.8, 4) is 10.8 Å². The SMILES string of the molecule is O=C(Nc1nnc(-c2ccc(Br)s2)o1)c1cc(Br)ccc1Cl. The first-order valence-corrected chi connectivity index (χ1v) is 8.66. The fourth-order valence-corrected chi connectivity index (χ4v) is 3.51. The molecule has 0 saturated carbocycles. The minimum Gasteiger partial charge on any atom is -0.402 e. The molecular weight excluding hydrogens is 457 g/mol. The van der Waals surface area contributed by atoms with Crippen molar-refractivity contribution in [2.24, 2.45) is 0 Å². The molecule has 0 unspecified atom stereocenters. The Morgan fingerprint density at radius 2 is 2.05 bits per heavy atom. The van der Waals surface area contributed by atoms with Crippen LogP contribution in [0.4, 0.5) is 6.01 Å². The highest BCUT2D eigenvalue weighted by Crippen LogP contribution is 2.31. The smallest absolute Gasteiger partial charge is 0.322 e. The maximum atomic E-state index is 12.2. The Morgan fingerprint density at radius 1 is 1.23 bits per heavy atom. The van der Waals surface area contributed by atoms with Crippen molar-refractivity contribution in [2.45, 2.75) is 0 Å². The predicted octanol–water partition coefficient (Wildman–Crippen LogP) is 5.23. The molecule has 9 heteroatoms. The van der Waals surface area contributed by atoms with E-state index in [1.165, 1.54) is 11.3 Å². The molecule has 0 saturated heterocycles. The average molecular weight is 464 g/mol. The van der Waals surface area contributed by atoms with E-state index in [-0.39, 0.29) is 6.01 Å².